The molecule has 0 spiro atoms. The lowest BCUT2D eigenvalue weighted by Crippen LogP contribution is -2.48. The lowest BCUT2D eigenvalue weighted by molar-refractivity contribution is -0.147. The van der Waals surface area contributed by atoms with Crippen molar-refractivity contribution >= 4 is 17.7 Å². The van der Waals surface area contributed by atoms with Gasteiger partial charge in [-0.25, -0.2) is 0 Å². The summed E-state index contributed by atoms with van der Waals surface area (Å²) < 4.78 is 0. The number of allylic oxidation sites excluding steroid dienone is 2. The largest absolute Gasteiger partial charge is 0.350 e. The van der Waals surface area contributed by atoms with Gasteiger partial charge in [-0.1, -0.05) is 42.5 Å². The number of rotatable bonds is 4. The molecule has 3 amide bonds. The van der Waals surface area contributed by atoms with Crippen LogP contribution in [0.5, 0.6) is 0 Å². The van der Waals surface area contributed by atoms with Crippen LogP contribution < -0.4 is 5.32 Å². The molecule has 1 saturated heterocycles. The quantitative estimate of drug-likeness (QED) is 0.673. The van der Waals surface area contributed by atoms with E-state index < -0.39 is 6.04 Å². The molecule has 5 atom stereocenters. The van der Waals surface area contributed by atoms with E-state index in [0.29, 0.717) is 6.54 Å². The summed E-state index contributed by atoms with van der Waals surface area (Å²) in [7, 11) is 0. The van der Waals surface area contributed by atoms with Gasteiger partial charge in [0, 0.05) is 6.54 Å². The van der Waals surface area contributed by atoms with Crippen LogP contribution in [0.1, 0.15) is 25.3 Å². The molecule has 0 aromatic heterocycles. The zero-order valence-corrected chi connectivity index (χ0v) is 14.2. The summed E-state index contributed by atoms with van der Waals surface area (Å²) in [5.41, 5.74) is 0.984. The van der Waals surface area contributed by atoms with E-state index in [-0.39, 0.29) is 41.4 Å². The fourth-order valence-corrected chi connectivity index (χ4v) is 4.53. The van der Waals surface area contributed by atoms with Gasteiger partial charge >= 0.3 is 0 Å². The first-order chi connectivity index (χ1) is 12.1. The minimum absolute atomic E-state index is 0.149. The number of fused-ring (bicyclic) bond motifs is 1. The Morgan fingerprint density at radius 3 is 2.16 bits per heavy atom. The van der Waals surface area contributed by atoms with Crippen LogP contribution in [0.4, 0.5) is 0 Å². The van der Waals surface area contributed by atoms with E-state index in [4.69, 9.17) is 0 Å². The van der Waals surface area contributed by atoms with Gasteiger partial charge in [-0.05, 0) is 37.2 Å². The molecular formula is C20H22N2O3. The molecule has 1 aromatic carbocycles. The summed E-state index contributed by atoms with van der Waals surface area (Å²) in [5, 5.41) is 2.84. The predicted octanol–water partition coefficient (Wildman–Crippen LogP) is 1.89. The zero-order chi connectivity index (χ0) is 17.6. The van der Waals surface area contributed by atoms with Crippen molar-refractivity contribution in [2.24, 2.45) is 23.7 Å². The van der Waals surface area contributed by atoms with E-state index in [9.17, 15) is 14.4 Å². The second-order valence-corrected chi connectivity index (χ2v) is 7.27. The maximum absolute atomic E-state index is 12.9. The number of nitrogens with zero attached hydrogens (tertiary/aromatic N) is 1. The Morgan fingerprint density at radius 2 is 1.64 bits per heavy atom. The summed E-state index contributed by atoms with van der Waals surface area (Å²) in [4.78, 5) is 39.4. The maximum atomic E-state index is 12.9. The van der Waals surface area contributed by atoms with Crippen LogP contribution in [-0.4, -0.2) is 28.7 Å². The maximum Gasteiger partial charge on any atom is 0.243 e. The molecule has 1 N–H and O–H groups in total. The topological polar surface area (TPSA) is 66.5 Å². The highest BCUT2D eigenvalue weighted by atomic mass is 16.2. The average molecular weight is 338 g/mol. The molecule has 4 aliphatic rings. The van der Waals surface area contributed by atoms with Crippen LogP contribution in [0, 0.1) is 23.7 Å². The highest BCUT2D eigenvalue weighted by Crippen LogP contribution is 2.49. The van der Waals surface area contributed by atoms with E-state index in [0.717, 1.165) is 18.4 Å². The van der Waals surface area contributed by atoms with Gasteiger partial charge in [0.1, 0.15) is 6.04 Å². The van der Waals surface area contributed by atoms with Crippen LogP contribution in [0.3, 0.4) is 0 Å². The van der Waals surface area contributed by atoms with Crippen molar-refractivity contribution in [1.82, 2.24) is 10.2 Å². The van der Waals surface area contributed by atoms with E-state index >= 15 is 0 Å². The van der Waals surface area contributed by atoms with Crippen LogP contribution in [-0.2, 0) is 20.9 Å². The van der Waals surface area contributed by atoms with Crippen molar-refractivity contribution in [3.05, 3.63) is 48.0 Å². The van der Waals surface area contributed by atoms with E-state index in [1.165, 1.54) is 4.90 Å². The Hall–Kier alpha value is -2.43. The van der Waals surface area contributed by atoms with Crippen LogP contribution in [0.2, 0.25) is 0 Å². The third-order valence-corrected chi connectivity index (χ3v) is 5.87. The first-order valence-corrected chi connectivity index (χ1v) is 8.95. The number of benzene rings is 1. The summed E-state index contributed by atoms with van der Waals surface area (Å²) >= 11 is 0. The first kappa shape index (κ1) is 16.1. The molecule has 2 bridgehead atoms. The average Bonchev–Trinajstić information content (AvgIpc) is 2.94. The fourth-order valence-electron chi connectivity index (χ4n) is 4.53. The van der Waals surface area contributed by atoms with Crippen LogP contribution in [0.25, 0.3) is 0 Å². The number of nitrogens with one attached hydrogen (secondary N) is 1. The number of carbonyl (C=O) groups is 3. The molecular weight excluding hydrogens is 316 g/mol. The smallest absolute Gasteiger partial charge is 0.243 e. The highest BCUT2D eigenvalue weighted by molar-refractivity contribution is 6.08. The van der Waals surface area contributed by atoms with Crippen molar-refractivity contribution in [2.75, 3.05) is 0 Å². The van der Waals surface area contributed by atoms with Crippen molar-refractivity contribution in [3.63, 3.8) is 0 Å². The molecule has 130 valence electrons. The van der Waals surface area contributed by atoms with Gasteiger partial charge in [0.05, 0.1) is 11.8 Å². The second kappa shape index (κ2) is 6.14. The lowest BCUT2D eigenvalue weighted by Gasteiger charge is -2.38. The molecule has 2 fully saturated rings. The normalized spacial score (nSPS) is 31.2. The van der Waals surface area contributed by atoms with Crippen molar-refractivity contribution < 1.29 is 14.4 Å². The Balaban J connectivity index is 1.47. The molecule has 0 radical (unpaired) electrons. The molecule has 1 aliphatic heterocycles. The lowest BCUT2D eigenvalue weighted by atomic mass is 9.63. The fraction of sp³-hybridized carbons (Fsp3) is 0.450. The number of amides is 3. The summed E-state index contributed by atoms with van der Waals surface area (Å²) in [6.45, 7) is 2.03. The minimum Gasteiger partial charge on any atom is -0.350 e. The SMILES string of the molecule is C[C@H](C(=O)NCc1ccccc1)N1C(=O)[C@@H]2[C@H](C1=O)[C@H]1C=C[C@H]2CC1. The molecule has 0 unspecified atom stereocenters. The van der Waals surface area contributed by atoms with Crippen molar-refractivity contribution in [2.45, 2.75) is 32.4 Å². The van der Waals surface area contributed by atoms with Gasteiger partial charge in [-0.3, -0.25) is 19.3 Å². The summed E-state index contributed by atoms with van der Waals surface area (Å²) in [6, 6.07) is 8.82. The molecule has 1 saturated carbocycles. The molecule has 1 aromatic rings. The number of imide groups is 1. The first-order valence-electron chi connectivity index (χ1n) is 8.95. The highest BCUT2D eigenvalue weighted by Gasteiger charge is 2.58. The Labute approximate surface area is 147 Å². The van der Waals surface area contributed by atoms with Crippen molar-refractivity contribution in [1.29, 1.82) is 0 Å². The Bertz CT molecular complexity index is 711. The molecule has 5 heteroatoms. The van der Waals surface area contributed by atoms with Gasteiger partial charge in [-0.15, -0.1) is 0 Å². The predicted molar refractivity (Wildman–Crippen MR) is 91.9 cm³/mol. The van der Waals surface area contributed by atoms with Crippen molar-refractivity contribution in [3.8, 4) is 0 Å². The molecule has 3 aliphatic carbocycles. The third kappa shape index (κ3) is 2.58. The zero-order valence-electron chi connectivity index (χ0n) is 14.2. The number of hydrogen-bond acceptors (Lipinski definition) is 3. The van der Waals surface area contributed by atoms with E-state index in [2.05, 4.69) is 17.5 Å². The van der Waals surface area contributed by atoms with E-state index in [1.807, 2.05) is 30.3 Å². The standard InChI is InChI=1S/C20H22N2O3/c1-12(18(23)21-11-13-5-3-2-4-6-13)22-19(24)16-14-7-8-15(10-9-14)17(16)20(22)25/h2-8,12,14-17H,9-11H2,1H3,(H,21,23)/t12-,14+,15+,16-,17+/m1/s1. The van der Waals surface area contributed by atoms with Gasteiger partial charge in [-0.2, -0.15) is 0 Å². The second-order valence-electron chi connectivity index (χ2n) is 7.27. The number of hydrogen-bond donors (Lipinski definition) is 1. The molecule has 5 nitrogen and oxygen atoms in total. The monoisotopic (exact) mass is 338 g/mol. The van der Waals surface area contributed by atoms with Gasteiger partial charge < -0.3 is 5.32 Å². The number of likely N-dealkylation sites (tertiary alicyclic amines) is 1. The summed E-state index contributed by atoms with van der Waals surface area (Å²) in [6.07, 6.45) is 6.10. The van der Waals surface area contributed by atoms with Crippen LogP contribution in [0.15, 0.2) is 42.5 Å². The molecule has 5 rings (SSSR count). The molecule has 1 heterocycles. The van der Waals surface area contributed by atoms with Gasteiger partial charge in [0.15, 0.2) is 0 Å². The van der Waals surface area contributed by atoms with Gasteiger partial charge in [0.25, 0.3) is 0 Å². The number of carbonyl (C=O) groups excluding carboxylic acids is 3. The van der Waals surface area contributed by atoms with E-state index in [1.54, 1.807) is 6.92 Å². The summed E-state index contributed by atoms with van der Waals surface area (Å²) in [5.74, 6) is -0.856. The third-order valence-electron chi connectivity index (χ3n) is 5.87. The minimum atomic E-state index is -0.770. The van der Waals surface area contributed by atoms with Crippen LogP contribution >= 0.6 is 0 Å². The Morgan fingerprint density at radius 1 is 1.08 bits per heavy atom. The molecule has 25 heavy (non-hydrogen) atoms. The Kier molecular flexibility index (Phi) is 3.94. The van der Waals surface area contributed by atoms with Gasteiger partial charge in [0.2, 0.25) is 17.7 Å².